The Labute approximate surface area is 209 Å². The smallest absolute Gasteiger partial charge is 0.238 e. The molecule has 3 heteroatoms. The first-order chi connectivity index (χ1) is 16.9. The van der Waals surface area contributed by atoms with Crippen molar-refractivity contribution < 1.29 is 4.79 Å². The average molecular weight is 463 g/mol. The molecule has 0 saturated carbocycles. The lowest BCUT2D eigenvalue weighted by atomic mass is 9.76. The summed E-state index contributed by atoms with van der Waals surface area (Å²) in [5.74, 6) is -0.0370. The van der Waals surface area contributed by atoms with Gasteiger partial charge in [0.25, 0.3) is 0 Å². The molecule has 0 aliphatic heterocycles. The van der Waals surface area contributed by atoms with Gasteiger partial charge >= 0.3 is 0 Å². The van der Waals surface area contributed by atoms with Crippen LogP contribution in [0, 0.1) is 5.41 Å². The first-order valence-corrected chi connectivity index (χ1v) is 12.2. The second-order valence-electron chi connectivity index (χ2n) is 10.0. The van der Waals surface area contributed by atoms with Crippen molar-refractivity contribution in [1.29, 1.82) is 0 Å². The highest BCUT2D eigenvalue weighted by molar-refractivity contribution is 5.85. The molecule has 0 saturated heterocycles. The summed E-state index contributed by atoms with van der Waals surface area (Å²) in [6.45, 7) is 6.92. The van der Waals surface area contributed by atoms with E-state index in [1.807, 2.05) is 72.8 Å². The summed E-state index contributed by atoms with van der Waals surface area (Å²) in [7, 11) is 0. The van der Waals surface area contributed by atoms with Crippen molar-refractivity contribution in [3.8, 4) is 0 Å². The van der Waals surface area contributed by atoms with Crippen LogP contribution < -0.4 is 10.6 Å². The minimum Gasteiger partial charge on any atom is -0.337 e. The second-order valence-corrected chi connectivity index (χ2v) is 10.0. The van der Waals surface area contributed by atoms with Crippen molar-refractivity contribution in [3.05, 3.63) is 144 Å². The fourth-order valence-electron chi connectivity index (χ4n) is 4.65. The van der Waals surface area contributed by atoms with Crippen LogP contribution in [-0.4, -0.2) is 11.9 Å². The van der Waals surface area contributed by atoms with Gasteiger partial charge in [0.2, 0.25) is 5.91 Å². The Morgan fingerprint density at radius 3 is 1.37 bits per heavy atom. The number of benzene rings is 4. The molecular weight excluding hydrogens is 428 g/mol. The molecule has 0 aliphatic carbocycles. The standard InChI is InChI=1S/C32H34N2O/c1-31(2,3)29(33-24-25-16-8-4-9-17-25)30(35)34-32(26-18-10-5-11-19-26,27-20-12-6-13-21-27)28-22-14-7-15-23-28/h4-23,29,33H,24H2,1-3H3,(H,34,35). The zero-order valence-electron chi connectivity index (χ0n) is 20.7. The van der Waals surface area contributed by atoms with Crippen LogP contribution in [0.1, 0.15) is 43.0 Å². The normalized spacial score (nSPS) is 12.7. The van der Waals surface area contributed by atoms with Crippen molar-refractivity contribution in [2.45, 2.75) is 38.9 Å². The van der Waals surface area contributed by atoms with E-state index in [9.17, 15) is 4.79 Å². The van der Waals surface area contributed by atoms with E-state index in [1.54, 1.807) is 0 Å². The predicted octanol–water partition coefficient (Wildman–Crippen LogP) is 6.30. The molecule has 0 aromatic heterocycles. The molecule has 0 aliphatic rings. The van der Waals surface area contributed by atoms with Crippen LogP contribution in [0.4, 0.5) is 0 Å². The monoisotopic (exact) mass is 462 g/mol. The minimum atomic E-state index is -0.835. The fraction of sp³-hybridized carbons (Fsp3) is 0.219. The molecule has 1 unspecified atom stereocenters. The van der Waals surface area contributed by atoms with Crippen molar-refractivity contribution in [1.82, 2.24) is 10.6 Å². The molecular formula is C32H34N2O. The lowest BCUT2D eigenvalue weighted by Gasteiger charge is -2.40. The third-order valence-corrected chi connectivity index (χ3v) is 6.41. The van der Waals surface area contributed by atoms with Gasteiger partial charge in [0.15, 0.2) is 0 Å². The maximum Gasteiger partial charge on any atom is 0.238 e. The number of nitrogens with one attached hydrogen (secondary N) is 2. The van der Waals surface area contributed by atoms with E-state index in [0.29, 0.717) is 6.54 Å². The van der Waals surface area contributed by atoms with Gasteiger partial charge in [0.1, 0.15) is 5.54 Å². The Hall–Kier alpha value is -3.69. The molecule has 0 spiro atoms. The summed E-state index contributed by atoms with van der Waals surface area (Å²) >= 11 is 0. The first-order valence-electron chi connectivity index (χ1n) is 12.2. The zero-order chi connectivity index (χ0) is 24.7. The molecule has 4 rings (SSSR count). The highest BCUT2D eigenvalue weighted by atomic mass is 16.2. The molecule has 3 nitrogen and oxygen atoms in total. The largest absolute Gasteiger partial charge is 0.337 e. The van der Waals surface area contributed by atoms with Crippen LogP contribution >= 0.6 is 0 Å². The van der Waals surface area contributed by atoms with Gasteiger partial charge in [-0.25, -0.2) is 0 Å². The average Bonchev–Trinajstić information content (AvgIpc) is 2.89. The van der Waals surface area contributed by atoms with Crippen LogP contribution in [-0.2, 0) is 16.9 Å². The van der Waals surface area contributed by atoms with Crippen molar-refractivity contribution in [2.75, 3.05) is 0 Å². The van der Waals surface area contributed by atoms with Crippen LogP contribution in [0.25, 0.3) is 0 Å². The SMILES string of the molecule is CC(C)(C)C(NCc1ccccc1)C(=O)NC(c1ccccc1)(c1ccccc1)c1ccccc1. The second kappa shape index (κ2) is 10.7. The Bertz CT molecular complexity index is 1100. The first kappa shape index (κ1) is 24.4. The van der Waals surface area contributed by atoms with Crippen LogP contribution in [0.2, 0.25) is 0 Å². The number of hydrogen-bond acceptors (Lipinski definition) is 2. The maximum absolute atomic E-state index is 14.2. The molecule has 1 amide bonds. The molecule has 2 N–H and O–H groups in total. The van der Waals surface area contributed by atoms with E-state index in [4.69, 9.17) is 0 Å². The minimum absolute atomic E-state index is 0.0370. The van der Waals surface area contributed by atoms with Crippen molar-refractivity contribution >= 4 is 5.91 Å². The van der Waals surface area contributed by atoms with Gasteiger partial charge in [-0.15, -0.1) is 0 Å². The van der Waals surface area contributed by atoms with Crippen LogP contribution in [0.5, 0.6) is 0 Å². The van der Waals surface area contributed by atoms with Gasteiger partial charge in [-0.1, -0.05) is 142 Å². The van der Waals surface area contributed by atoms with Crippen LogP contribution in [0.15, 0.2) is 121 Å². The lowest BCUT2D eigenvalue weighted by Crippen LogP contribution is -2.57. The maximum atomic E-state index is 14.2. The fourth-order valence-corrected chi connectivity index (χ4v) is 4.65. The summed E-state index contributed by atoms with van der Waals surface area (Å²) in [6.07, 6.45) is 0. The van der Waals surface area contributed by atoms with Crippen molar-refractivity contribution in [3.63, 3.8) is 0 Å². The van der Waals surface area contributed by atoms with E-state index in [0.717, 1.165) is 22.3 Å². The van der Waals surface area contributed by atoms with E-state index in [2.05, 4.69) is 79.9 Å². The van der Waals surface area contributed by atoms with E-state index in [-0.39, 0.29) is 11.3 Å². The number of hydrogen-bond donors (Lipinski definition) is 2. The quantitative estimate of drug-likeness (QED) is 0.302. The molecule has 1 atom stereocenters. The molecule has 0 radical (unpaired) electrons. The topological polar surface area (TPSA) is 41.1 Å². The summed E-state index contributed by atoms with van der Waals surface area (Å²) in [4.78, 5) is 14.2. The van der Waals surface area contributed by atoms with Gasteiger partial charge in [0.05, 0.1) is 6.04 Å². The number of carbonyl (C=O) groups excluding carboxylic acids is 1. The molecule has 0 heterocycles. The van der Waals surface area contributed by atoms with E-state index < -0.39 is 11.6 Å². The van der Waals surface area contributed by atoms with Crippen molar-refractivity contribution in [2.24, 2.45) is 5.41 Å². The van der Waals surface area contributed by atoms with Crippen LogP contribution in [0.3, 0.4) is 0 Å². The Kier molecular flexibility index (Phi) is 7.48. The number of rotatable bonds is 8. The Morgan fingerprint density at radius 1 is 0.629 bits per heavy atom. The molecule has 35 heavy (non-hydrogen) atoms. The summed E-state index contributed by atoms with van der Waals surface area (Å²) in [5, 5.41) is 7.06. The number of amides is 1. The van der Waals surface area contributed by atoms with Gasteiger partial charge in [0, 0.05) is 6.54 Å². The summed E-state index contributed by atoms with van der Waals surface area (Å²) in [5.41, 5.74) is 3.06. The van der Waals surface area contributed by atoms with Gasteiger partial charge in [-0.05, 0) is 27.7 Å². The Morgan fingerprint density at radius 2 is 1.00 bits per heavy atom. The highest BCUT2D eigenvalue weighted by Gasteiger charge is 2.41. The number of carbonyl (C=O) groups is 1. The zero-order valence-corrected chi connectivity index (χ0v) is 20.7. The van der Waals surface area contributed by atoms with Gasteiger partial charge in [-0.3, -0.25) is 4.79 Å². The predicted molar refractivity (Wildman–Crippen MR) is 144 cm³/mol. The molecule has 178 valence electrons. The molecule has 4 aromatic rings. The lowest BCUT2D eigenvalue weighted by molar-refractivity contribution is -0.127. The summed E-state index contributed by atoms with van der Waals surface area (Å²) in [6, 6.07) is 40.5. The molecule has 0 bridgehead atoms. The molecule has 0 fully saturated rings. The van der Waals surface area contributed by atoms with Gasteiger partial charge < -0.3 is 10.6 Å². The Balaban J connectivity index is 1.79. The van der Waals surface area contributed by atoms with E-state index in [1.165, 1.54) is 0 Å². The highest BCUT2D eigenvalue weighted by Crippen LogP contribution is 2.37. The van der Waals surface area contributed by atoms with Gasteiger partial charge in [-0.2, -0.15) is 0 Å². The molecule has 4 aromatic carbocycles. The summed E-state index contributed by atoms with van der Waals surface area (Å²) < 4.78 is 0. The van der Waals surface area contributed by atoms with E-state index >= 15 is 0 Å². The third-order valence-electron chi connectivity index (χ3n) is 6.41. The third kappa shape index (κ3) is 5.52.